The Hall–Kier alpha value is -1.26. The summed E-state index contributed by atoms with van der Waals surface area (Å²) in [4.78, 5) is 7.02. The molecule has 0 fully saturated rings. The van der Waals surface area contributed by atoms with Gasteiger partial charge in [0.05, 0.1) is 0 Å². The fourth-order valence-electron chi connectivity index (χ4n) is 1.71. The Morgan fingerprint density at radius 1 is 1.30 bits per heavy atom. The van der Waals surface area contributed by atoms with E-state index in [0.29, 0.717) is 5.56 Å². The second-order valence-corrected chi connectivity index (χ2v) is 4.29. The zero-order valence-electron chi connectivity index (χ0n) is 10.9. The quantitative estimate of drug-likeness (QED) is 0.517. The normalized spacial score (nSPS) is 11.8. The summed E-state index contributed by atoms with van der Waals surface area (Å²) in [5.41, 5.74) is 0.382. The summed E-state index contributed by atoms with van der Waals surface area (Å²) in [6.07, 6.45) is 2.14. The summed E-state index contributed by atoms with van der Waals surface area (Å²) < 4.78 is 40.0. The van der Waals surface area contributed by atoms with Crippen LogP contribution in [0.1, 0.15) is 31.7 Å². The third kappa shape index (κ3) is 3.44. The summed E-state index contributed by atoms with van der Waals surface area (Å²) in [5, 5.41) is 0. The number of halogens is 3. The fraction of sp³-hybridized carbons (Fsp3) is 0.286. The minimum atomic E-state index is -1.05. The monoisotopic (exact) mass is 458 g/mol. The number of nitrogens with zero attached hydrogens (tertiary/aromatic N) is 2. The molecule has 0 bridgehead atoms. The molecule has 0 aromatic carbocycles. The second-order valence-electron chi connectivity index (χ2n) is 4.29. The summed E-state index contributed by atoms with van der Waals surface area (Å²) in [7, 11) is 0. The first-order valence-corrected chi connectivity index (χ1v) is 5.92. The van der Waals surface area contributed by atoms with Crippen LogP contribution in [0, 0.1) is 23.8 Å². The molecule has 20 heavy (non-hydrogen) atoms. The summed E-state index contributed by atoms with van der Waals surface area (Å²) in [6.45, 7) is 3.82. The van der Waals surface area contributed by atoms with E-state index in [1.54, 1.807) is 0 Å². The summed E-state index contributed by atoms with van der Waals surface area (Å²) in [6, 6.07) is 4.38. The van der Waals surface area contributed by atoms with E-state index in [2.05, 4.69) is 16.0 Å². The van der Waals surface area contributed by atoms with Gasteiger partial charge in [-0.1, -0.05) is 25.5 Å². The van der Waals surface area contributed by atoms with E-state index in [1.165, 1.54) is 6.20 Å². The van der Waals surface area contributed by atoms with Gasteiger partial charge in [-0.25, -0.2) is 13.2 Å². The molecule has 0 saturated heterocycles. The van der Waals surface area contributed by atoms with Crippen LogP contribution in [0.15, 0.2) is 18.3 Å². The van der Waals surface area contributed by atoms with Crippen LogP contribution in [0.25, 0.3) is 11.3 Å². The van der Waals surface area contributed by atoms with Crippen LogP contribution < -0.4 is 0 Å². The minimum absolute atomic E-state index is 0. The predicted molar refractivity (Wildman–Crippen MR) is 64.9 cm³/mol. The molecule has 1 atom stereocenters. The van der Waals surface area contributed by atoms with E-state index in [1.807, 2.05) is 13.8 Å². The number of hydrogen-bond acceptors (Lipinski definition) is 2. The van der Waals surface area contributed by atoms with Crippen LogP contribution in [0.2, 0.25) is 0 Å². The van der Waals surface area contributed by atoms with Gasteiger partial charge in [0.2, 0.25) is 0 Å². The maximum atomic E-state index is 13.9. The summed E-state index contributed by atoms with van der Waals surface area (Å²) >= 11 is 0. The number of aromatic nitrogens is 2. The molecule has 0 aliphatic rings. The van der Waals surface area contributed by atoms with Crippen molar-refractivity contribution in [3.63, 3.8) is 0 Å². The van der Waals surface area contributed by atoms with E-state index >= 15 is 0 Å². The molecule has 0 spiro atoms. The van der Waals surface area contributed by atoms with Gasteiger partial charge in [0.15, 0.2) is 0 Å². The number of hydrogen-bond donors (Lipinski definition) is 0. The number of rotatable bonds is 3. The van der Waals surface area contributed by atoms with Crippen molar-refractivity contribution in [1.29, 1.82) is 0 Å². The van der Waals surface area contributed by atoms with E-state index in [4.69, 9.17) is 0 Å². The molecule has 1 unspecified atom stereocenters. The van der Waals surface area contributed by atoms with Crippen LogP contribution in [-0.2, 0) is 20.1 Å². The molecule has 2 aromatic heterocycles. The van der Waals surface area contributed by atoms with Crippen molar-refractivity contribution >= 4 is 0 Å². The van der Waals surface area contributed by atoms with Gasteiger partial charge in [-0.2, -0.15) is 0 Å². The molecule has 0 amide bonds. The van der Waals surface area contributed by atoms with Crippen molar-refractivity contribution in [3.05, 3.63) is 47.7 Å². The molecule has 0 saturated carbocycles. The predicted octanol–water partition coefficient (Wildman–Crippen LogP) is 3.87. The first kappa shape index (κ1) is 16.8. The molecule has 2 rings (SSSR count). The van der Waals surface area contributed by atoms with Crippen LogP contribution in [0.3, 0.4) is 0 Å². The van der Waals surface area contributed by atoms with Gasteiger partial charge in [0, 0.05) is 31.9 Å². The molecule has 0 N–H and O–H groups in total. The zero-order valence-corrected chi connectivity index (χ0v) is 13.3. The molecular weight excluding hydrogens is 445 g/mol. The van der Waals surface area contributed by atoms with Crippen LogP contribution in [0.4, 0.5) is 13.2 Å². The van der Waals surface area contributed by atoms with E-state index in [-0.39, 0.29) is 37.3 Å². The van der Waals surface area contributed by atoms with Gasteiger partial charge in [-0.05, 0) is 24.1 Å². The Morgan fingerprint density at radius 3 is 2.55 bits per heavy atom. The van der Waals surface area contributed by atoms with Crippen LogP contribution in [-0.4, -0.2) is 9.97 Å². The molecule has 2 heterocycles. The zero-order chi connectivity index (χ0) is 14.0. The van der Waals surface area contributed by atoms with Crippen molar-refractivity contribution < 1.29 is 33.3 Å². The fourth-order valence-corrected chi connectivity index (χ4v) is 1.71. The van der Waals surface area contributed by atoms with Crippen molar-refractivity contribution in [2.24, 2.45) is 0 Å². The first-order chi connectivity index (χ1) is 9.02. The molecule has 0 aliphatic carbocycles. The molecule has 2 nitrogen and oxygen atoms in total. The van der Waals surface area contributed by atoms with E-state index < -0.39 is 17.7 Å². The van der Waals surface area contributed by atoms with Gasteiger partial charge in [0.1, 0.15) is 17.7 Å². The van der Waals surface area contributed by atoms with Crippen molar-refractivity contribution in [2.45, 2.75) is 26.2 Å². The Kier molecular flexibility index (Phi) is 5.84. The molecule has 6 heteroatoms. The standard InChI is InChI=1S/C14H12F3N2.Ir/c1-3-8(2)10-7-18-12(6-11(10)15)9-4-5-13(16)19-14(9)17;/h5-8H,3H2,1-2H3;/q-1;. The Bertz CT molecular complexity index is 605. The average molecular weight is 457 g/mol. The average Bonchev–Trinajstić information content (AvgIpc) is 2.37. The van der Waals surface area contributed by atoms with Gasteiger partial charge >= 0.3 is 0 Å². The smallest absolute Gasteiger partial charge is 0.128 e. The van der Waals surface area contributed by atoms with E-state index in [0.717, 1.165) is 18.6 Å². The summed E-state index contributed by atoms with van der Waals surface area (Å²) in [5.74, 6) is -2.46. The molecule has 109 valence electrons. The topological polar surface area (TPSA) is 25.8 Å². The second kappa shape index (κ2) is 6.95. The molecule has 2 aromatic rings. The molecule has 1 radical (unpaired) electrons. The van der Waals surface area contributed by atoms with Gasteiger partial charge in [0.25, 0.3) is 0 Å². The third-order valence-electron chi connectivity index (χ3n) is 3.03. The maximum absolute atomic E-state index is 13.9. The van der Waals surface area contributed by atoms with Crippen LogP contribution >= 0.6 is 0 Å². The first-order valence-electron chi connectivity index (χ1n) is 5.92. The van der Waals surface area contributed by atoms with E-state index in [9.17, 15) is 13.2 Å². The van der Waals surface area contributed by atoms with Crippen molar-refractivity contribution in [2.75, 3.05) is 0 Å². The number of pyridine rings is 2. The van der Waals surface area contributed by atoms with Crippen LogP contribution in [0.5, 0.6) is 0 Å². The van der Waals surface area contributed by atoms with Gasteiger partial charge in [-0.3, -0.25) is 4.98 Å². The van der Waals surface area contributed by atoms with Gasteiger partial charge in [-0.15, -0.1) is 6.07 Å². The Labute approximate surface area is 128 Å². The SMILES string of the molecule is CCC(C)c1cnc(-c2[c-]cc(F)nc2F)cc1F.[Ir]. The third-order valence-corrected chi connectivity index (χ3v) is 3.03. The largest absolute Gasteiger partial charge is 0.304 e. The Morgan fingerprint density at radius 2 is 2.00 bits per heavy atom. The maximum Gasteiger partial charge on any atom is 0.128 e. The Balaban J connectivity index is 0.00000200. The molecule has 0 aliphatic heterocycles. The van der Waals surface area contributed by atoms with Crippen molar-refractivity contribution in [3.8, 4) is 11.3 Å². The van der Waals surface area contributed by atoms with Gasteiger partial charge < -0.3 is 4.98 Å². The minimum Gasteiger partial charge on any atom is -0.304 e. The molecular formula is C14H12F3IrN2-. The van der Waals surface area contributed by atoms with Crippen molar-refractivity contribution in [1.82, 2.24) is 9.97 Å².